The van der Waals surface area contributed by atoms with Crippen molar-refractivity contribution in [2.45, 2.75) is 75.8 Å². The number of amides is 1. The Balaban J connectivity index is 1.19. The zero-order valence-electron chi connectivity index (χ0n) is 22.8. The van der Waals surface area contributed by atoms with Crippen molar-refractivity contribution in [1.82, 2.24) is 24.6 Å². The van der Waals surface area contributed by atoms with Gasteiger partial charge in [-0.25, -0.2) is 0 Å². The Hall–Kier alpha value is -3.50. The molecule has 0 radical (unpaired) electrons. The Kier molecular flexibility index (Phi) is 6.04. The lowest BCUT2D eigenvalue weighted by Gasteiger charge is -2.46. The third kappa shape index (κ3) is 4.45. The molecule has 39 heavy (non-hydrogen) atoms. The van der Waals surface area contributed by atoms with Crippen molar-refractivity contribution in [1.29, 1.82) is 0 Å². The van der Waals surface area contributed by atoms with Crippen LogP contribution in [0.2, 0.25) is 0 Å². The van der Waals surface area contributed by atoms with E-state index in [2.05, 4.69) is 51.3 Å². The average molecular weight is 521 g/mol. The van der Waals surface area contributed by atoms with Crippen LogP contribution in [-0.4, -0.2) is 43.6 Å². The van der Waals surface area contributed by atoms with Crippen LogP contribution in [-0.2, 0) is 32.0 Å². The fourth-order valence-electron chi connectivity index (χ4n) is 6.97. The Morgan fingerprint density at radius 1 is 1.13 bits per heavy atom. The number of hydrogen-bond donors (Lipinski definition) is 0. The van der Waals surface area contributed by atoms with E-state index in [1.165, 1.54) is 43.4 Å². The molecule has 1 amide bonds. The smallest absolute Gasteiger partial charge is 0.259 e. The van der Waals surface area contributed by atoms with Crippen LogP contribution in [0.1, 0.15) is 89.6 Å². The second kappa shape index (κ2) is 9.60. The van der Waals surface area contributed by atoms with Crippen LogP contribution in [0.5, 0.6) is 0 Å². The van der Waals surface area contributed by atoms with Crippen molar-refractivity contribution in [3.05, 3.63) is 70.6 Å². The van der Waals surface area contributed by atoms with Gasteiger partial charge >= 0.3 is 0 Å². The van der Waals surface area contributed by atoms with Crippen LogP contribution in [0.25, 0.3) is 0 Å². The van der Waals surface area contributed by atoms with Gasteiger partial charge in [-0.15, -0.1) is 22.5 Å². The molecule has 4 aliphatic rings. The van der Waals surface area contributed by atoms with Crippen molar-refractivity contribution >= 4 is 11.6 Å². The number of carbonyl (C=O) groups excluding carboxylic acids is 1. The number of piperidine rings is 1. The summed E-state index contributed by atoms with van der Waals surface area (Å²) in [5.41, 5.74) is 6.31. The van der Waals surface area contributed by atoms with Crippen molar-refractivity contribution < 1.29 is 4.79 Å². The minimum Gasteiger partial charge on any atom is -0.321 e. The van der Waals surface area contributed by atoms with Crippen LogP contribution < -0.4 is 4.90 Å². The van der Waals surface area contributed by atoms with Crippen LogP contribution >= 0.6 is 0 Å². The molecular weight excluding hydrogens is 484 g/mol. The first-order valence-electron chi connectivity index (χ1n) is 14.5. The van der Waals surface area contributed by atoms with E-state index in [1.807, 2.05) is 16.5 Å². The van der Waals surface area contributed by atoms with Crippen LogP contribution in [0.4, 0.5) is 5.69 Å². The van der Waals surface area contributed by atoms with E-state index in [1.54, 1.807) is 6.33 Å². The molecule has 3 fully saturated rings. The minimum atomic E-state index is -0.0915. The van der Waals surface area contributed by atoms with E-state index in [-0.39, 0.29) is 17.2 Å². The summed E-state index contributed by atoms with van der Waals surface area (Å²) in [7, 11) is 1.99. The van der Waals surface area contributed by atoms with Gasteiger partial charge in [0.15, 0.2) is 0 Å². The number of pyridine rings is 1. The van der Waals surface area contributed by atoms with Gasteiger partial charge in [0, 0.05) is 59.8 Å². The summed E-state index contributed by atoms with van der Waals surface area (Å²) in [5, 5.41) is 8.46. The van der Waals surface area contributed by atoms with Crippen LogP contribution in [0.3, 0.4) is 0 Å². The SMILES string of the molecule is C#CC1CC(Cc2nncn2C)(c2cccc(N3Cc4c(cc(CN5CCCCC5)nc4C4CC4)C3=O)c2)C1. The Morgan fingerprint density at radius 3 is 2.67 bits per heavy atom. The lowest BCUT2D eigenvalue weighted by molar-refractivity contribution is 0.0996. The van der Waals surface area contributed by atoms with Gasteiger partial charge in [0.2, 0.25) is 0 Å². The van der Waals surface area contributed by atoms with Gasteiger partial charge in [0.25, 0.3) is 5.91 Å². The number of rotatable bonds is 7. The Bertz CT molecular complexity index is 1450. The predicted molar refractivity (Wildman–Crippen MR) is 150 cm³/mol. The monoisotopic (exact) mass is 520 g/mol. The highest BCUT2D eigenvalue weighted by atomic mass is 16.2. The fraction of sp³-hybridized carbons (Fsp3) is 0.500. The van der Waals surface area contributed by atoms with E-state index in [0.29, 0.717) is 12.5 Å². The van der Waals surface area contributed by atoms with Crippen molar-refractivity contribution in [2.75, 3.05) is 18.0 Å². The van der Waals surface area contributed by atoms with E-state index in [4.69, 9.17) is 11.4 Å². The molecule has 2 aliphatic heterocycles. The van der Waals surface area contributed by atoms with Gasteiger partial charge in [-0.2, -0.15) is 0 Å². The molecule has 4 heterocycles. The molecule has 0 bridgehead atoms. The van der Waals surface area contributed by atoms with E-state index in [0.717, 1.165) is 67.2 Å². The van der Waals surface area contributed by atoms with E-state index >= 15 is 0 Å². The molecule has 0 atom stereocenters. The van der Waals surface area contributed by atoms with Crippen LogP contribution in [0, 0.1) is 18.3 Å². The molecule has 1 saturated heterocycles. The van der Waals surface area contributed by atoms with Gasteiger partial charge in [-0.05, 0) is 75.4 Å². The molecule has 2 saturated carbocycles. The van der Waals surface area contributed by atoms with Gasteiger partial charge in [0.05, 0.1) is 12.2 Å². The summed E-state index contributed by atoms with van der Waals surface area (Å²) in [4.78, 5) is 23.5. The quantitative estimate of drug-likeness (QED) is 0.421. The first kappa shape index (κ1) is 24.5. The largest absolute Gasteiger partial charge is 0.321 e. The highest BCUT2D eigenvalue weighted by Crippen LogP contribution is 2.50. The number of fused-ring (bicyclic) bond motifs is 1. The standard InChI is InChI=1S/C32H36N6O/c1-3-22-16-32(17-22,18-29-35-33-21-36(29)2)24-8-7-9-26(14-24)38-20-28-27(31(38)39)15-25(34-30(28)23-10-11-23)19-37-12-5-4-6-13-37/h1,7-9,14-15,21-23H,4-6,10-13,16-20H2,2H3. The highest BCUT2D eigenvalue weighted by molar-refractivity contribution is 6.10. The number of hydrogen-bond acceptors (Lipinski definition) is 5. The number of aromatic nitrogens is 4. The predicted octanol–water partition coefficient (Wildman–Crippen LogP) is 4.76. The molecule has 2 aromatic heterocycles. The molecule has 7 rings (SSSR count). The zero-order chi connectivity index (χ0) is 26.6. The molecule has 1 aromatic carbocycles. The first-order chi connectivity index (χ1) is 19.0. The number of nitrogens with zero attached hydrogens (tertiary/aromatic N) is 6. The maximum atomic E-state index is 13.9. The zero-order valence-corrected chi connectivity index (χ0v) is 22.8. The number of anilines is 1. The van der Waals surface area contributed by atoms with E-state index < -0.39 is 0 Å². The van der Waals surface area contributed by atoms with Crippen molar-refractivity contribution in [3.63, 3.8) is 0 Å². The third-order valence-corrected chi connectivity index (χ3v) is 9.38. The third-order valence-electron chi connectivity index (χ3n) is 9.38. The molecule has 200 valence electrons. The second-order valence-corrected chi connectivity index (χ2v) is 12.2. The normalized spacial score (nSPS) is 24.9. The number of terminal acetylenes is 1. The van der Waals surface area contributed by atoms with Crippen molar-refractivity contribution in [3.8, 4) is 12.3 Å². The number of carbonyl (C=O) groups is 1. The Morgan fingerprint density at radius 2 is 1.95 bits per heavy atom. The molecule has 2 aliphatic carbocycles. The second-order valence-electron chi connectivity index (χ2n) is 12.2. The summed E-state index contributed by atoms with van der Waals surface area (Å²) in [6, 6.07) is 10.6. The summed E-state index contributed by atoms with van der Waals surface area (Å²) in [5.74, 6) is 4.78. The summed E-state index contributed by atoms with van der Waals surface area (Å²) < 4.78 is 1.99. The van der Waals surface area contributed by atoms with Gasteiger partial charge in [0.1, 0.15) is 12.2 Å². The minimum absolute atomic E-state index is 0.0915. The molecular formula is C32H36N6O. The molecule has 3 aromatic rings. The topological polar surface area (TPSA) is 67.2 Å². The maximum absolute atomic E-state index is 13.9. The molecule has 7 heteroatoms. The van der Waals surface area contributed by atoms with E-state index in [9.17, 15) is 4.79 Å². The van der Waals surface area contributed by atoms with Crippen molar-refractivity contribution in [2.24, 2.45) is 13.0 Å². The maximum Gasteiger partial charge on any atom is 0.259 e. The van der Waals surface area contributed by atoms with Gasteiger partial charge in [-0.3, -0.25) is 14.7 Å². The molecule has 7 nitrogen and oxygen atoms in total. The molecule has 0 N–H and O–H groups in total. The fourth-order valence-corrected chi connectivity index (χ4v) is 6.97. The lowest BCUT2D eigenvalue weighted by Crippen LogP contribution is -2.43. The highest BCUT2D eigenvalue weighted by Gasteiger charge is 2.46. The average Bonchev–Trinajstić information content (AvgIpc) is 3.63. The summed E-state index contributed by atoms with van der Waals surface area (Å²) in [6.45, 7) is 3.70. The van der Waals surface area contributed by atoms with Gasteiger partial charge in [-0.1, -0.05) is 18.6 Å². The Labute approximate surface area is 230 Å². The van der Waals surface area contributed by atoms with Crippen LogP contribution in [0.15, 0.2) is 36.7 Å². The number of benzene rings is 1. The lowest BCUT2D eigenvalue weighted by atomic mass is 9.57. The number of likely N-dealkylation sites (tertiary alicyclic amines) is 1. The first-order valence-corrected chi connectivity index (χ1v) is 14.5. The summed E-state index contributed by atoms with van der Waals surface area (Å²) >= 11 is 0. The molecule has 0 unspecified atom stereocenters. The number of aryl methyl sites for hydroxylation is 1. The summed E-state index contributed by atoms with van der Waals surface area (Å²) in [6.07, 6.45) is 16.4. The molecule has 0 spiro atoms. The van der Waals surface area contributed by atoms with Gasteiger partial charge < -0.3 is 9.47 Å².